The number of aliphatic hydroxyl groups excluding tert-OH is 3. The van der Waals surface area contributed by atoms with E-state index >= 15 is 4.39 Å². The number of amides is 2. The second kappa shape index (κ2) is 33.9. The minimum atomic E-state index is -2.66. The zero-order valence-electron chi connectivity index (χ0n) is 52.3. The van der Waals surface area contributed by atoms with Crippen LogP contribution in [0.2, 0.25) is 0 Å². The van der Waals surface area contributed by atoms with Gasteiger partial charge >= 0.3 is 5.97 Å². The molecule has 492 valence electrons. The first-order valence-corrected chi connectivity index (χ1v) is 31.8. The Balaban J connectivity index is 1.25. The Morgan fingerprint density at radius 1 is 0.876 bits per heavy atom. The van der Waals surface area contributed by atoms with E-state index in [-0.39, 0.29) is 61.3 Å². The zero-order chi connectivity index (χ0) is 65.4. The van der Waals surface area contributed by atoms with Crippen LogP contribution in [0.3, 0.4) is 0 Å². The van der Waals surface area contributed by atoms with E-state index in [1.54, 1.807) is 65.0 Å². The molecule has 2 saturated heterocycles. The Bertz CT molecular complexity index is 2930. The van der Waals surface area contributed by atoms with Crippen molar-refractivity contribution in [2.24, 2.45) is 35.5 Å². The number of aliphatic hydroxyl groups is 4. The van der Waals surface area contributed by atoms with Gasteiger partial charge in [-0.05, 0) is 160 Å². The molecule has 89 heavy (non-hydrogen) atoms. The third kappa shape index (κ3) is 19.7. The van der Waals surface area contributed by atoms with Crippen molar-refractivity contribution in [3.8, 4) is 0 Å². The van der Waals surface area contributed by atoms with Gasteiger partial charge in [-0.15, -0.1) is 0 Å². The summed E-state index contributed by atoms with van der Waals surface area (Å²) in [5, 5.41) is 48.0. The summed E-state index contributed by atoms with van der Waals surface area (Å²) in [5.41, 5.74) is 1.66. The molecule has 0 spiro atoms. The molecular weight excluding hydrogens is 1270 g/mol. The van der Waals surface area contributed by atoms with Crippen molar-refractivity contribution < 1.29 is 90.9 Å². The number of piperidine rings is 1. The molecule has 2 bridgehead atoms. The van der Waals surface area contributed by atoms with Crippen LogP contribution in [0.25, 0.3) is 0 Å². The van der Waals surface area contributed by atoms with Gasteiger partial charge in [0.1, 0.15) is 48.7 Å². The van der Waals surface area contributed by atoms with Crippen molar-refractivity contribution in [1.82, 2.24) is 10.4 Å². The van der Waals surface area contributed by atoms with E-state index in [1.807, 2.05) is 42.5 Å². The number of fused-ring (bicyclic) bond motifs is 3. The summed E-state index contributed by atoms with van der Waals surface area (Å²) < 4.78 is 74.8. The van der Waals surface area contributed by atoms with Gasteiger partial charge < -0.3 is 54.3 Å². The van der Waals surface area contributed by atoms with Gasteiger partial charge in [0.15, 0.2) is 17.4 Å². The first-order valence-electron chi connectivity index (χ1n) is 30.7. The predicted molar refractivity (Wildman–Crippen MR) is 332 cm³/mol. The van der Waals surface area contributed by atoms with Crippen LogP contribution in [0.5, 0.6) is 0 Å². The largest absolute Gasteiger partial charge is 0.460 e. The van der Waals surface area contributed by atoms with Crippen LogP contribution in [-0.4, -0.2) is 155 Å². The summed E-state index contributed by atoms with van der Waals surface area (Å²) >= 11 is 1.88. The maximum absolute atomic E-state index is 15.1. The highest BCUT2D eigenvalue weighted by atomic mass is 127. The van der Waals surface area contributed by atoms with Crippen LogP contribution in [0.1, 0.15) is 136 Å². The topological polar surface area (TPSA) is 266 Å². The first kappa shape index (κ1) is 72.8. The van der Waals surface area contributed by atoms with Crippen LogP contribution < -0.4 is 10.8 Å². The number of nitrogens with zero attached hydrogens (tertiary/aromatic N) is 1. The number of carbonyl (C=O) groups excluding carboxylic acids is 6. The fourth-order valence-electron chi connectivity index (χ4n) is 12.2. The Labute approximate surface area is 533 Å². The minimum Gasteiger partial charge on any atom is -0.460 e. The van der Waals surface area contributed by atoms with E-state index in [0.717, 1.165) is 17.0 Å². The van der Waals surface area contributed by atoms with E-state index in [9.17, 15) is 58.0 Å². The highest BCUT2D eigenvalue weighted by Crippen LogP contribution is 2.38. The maximum atomic E-state index is 15.1. The lowest BCUT2D eigenvalue weighted by Crippen LogP contribution is -2.61. The number of ether oxygens (including phenoxy) is 5. The Hall–Kier alpha value is -5.22. The average Bonchev–Trinajstić information content (AvgIpc) is 1.14. The number of nitrogens with one attached hydrogen (secondary N) is 2. The fourth-order valence-corrected chi connectivity index (χ4v) is 12.6. The van der Waals surface area contributed by atoms with Crippen LogP contribution >= 0.6 is 22.6 Å². The lowest BCUT2D eigenvalue weighted by Gasteiger charge is -2.43. The van der Waals surface area contributed by atoms with Gasteiger partial charge in [-0.3, -0.25) is 28.8 Å². The van der Waals surface area contributed by atoms with Crippen LogP contribution in [0.15, 0.2) is 77.9 Å². The highest BCUT2D eigenvalue weighted by Gasteiger charge is 2.53. The minimum absolute atomic E-state index is 0.0157. The second-order valence-electron chi connectivity index (χ2n) is 24.6. The van der Waals surface area contributed by atoms with Gasteiger partial charge in [0.25, 0.3) is 17.6 Å². The zero-order valence-corrected chi connectivity index (χ0v) is 54.4. The number of rotatable bonds is 14. The number of ketones is 3. The van der Waals surface area contributed by atoms with Crippen molar-refractivity contribution in [2.75, 3.05) is 39.3 Å². The molecule has 4 aliphatic rings. The molecule has 2 unspecified atom stereocenters. The molecule has 2 aromatic carbocycles. The molecule has 16 atom stereocenters. The summed E-state index contributed by atoms with van der Waals surface area (Å²) in [6, 6.07) is 4.39. The summed E-state index contributed by atoms with van der Waals surface area (Å²) in [5.74, 6) is -14.0. The lowest BCUT2D eigenvalue weighted by atomic mass is 9.78. The summed E-state index contributed by atoms with van der Waals surface area (Å²) in [4.78, 5) is 91.7. The lowest BCUT2D eigenvalue weighted by molar-refractivity contribution is -0.266. The fraction of sp³-hybridized carbons (Fsp3) is 0.606. The monoisotopic (exact) mass is 1360 g/mol. The SMILES string of the molecule is CO[C@@H]1C[C@@H](CC(C)[C@@H]2CC(=O)[C@H](C)/C=C(\C)[C@@H](O)[C@@H](OC)C(=O)[C@H](C)C[C@H](C)/C=C/C=C/C=C(/C)[C@@H](OC[C@@H](O)CONC(=O)c3ccc(F)c(F)c3Nc3ccc(I)cc3F)C[C@@H]3CC[C@@H](C)[C@@](O)(O3)C(=O)C(=O)N3CCCCC3C(=O)O2)CC[C@H]1O. The van der Waals surface area contributed by atoms with E-state index in [1.165, 1.54) is 26.4 Å². The molecule has 3 fully saturated rings. The third-order valence-corrected chi connectivity index (χ3v) is 18.3. The maximum Gasteiger partial charge on any atom is 0.329 e. The molecule has 3 aliphatic heterocycles. The van der Waals surface area contributed by atoms with Crippen LogP contribution in [0, 0.1) is 56.5 Å². The van der Waals surface area contributed by atoms with Gasteiger partial charge in [0, 0.05) is 54.9 Å². The van der Waals surface area contributed by atoms with E-state index < -0.39 is 150 Å². The smallest absolute Gasteiger partial charge is 0.329 e. The molecule has 3 heterocycles. The Morgan fingerprint density at radius 3 is 2.33 bits per heavy atom. The van der Waals surface area contributed by atoms with Gasteiger partial charge in [0.2, 0.25) is 5.79 Å². The molecule has 2 aromatic rings. The van der Waals surface area contributed by atoms with Crippen LogP contribution in [-0.2, 0) is 52.5 Å². The van der Waals surface area contributed by atoms with Gasteiger partial charge in [-0.2, -0.15) is 0 Å². The van der Waals surface area contributed by atoms with Gasteiger partial charge in [-0.1, -0.05) is 71.1 Å². The number of cyclic esters (lactones) is 1. The predicted octanol–water partition coefficient (Wildman–Crippen LogP) is 9.04. The number of hydroxylamine groups is 1. The second-order valence-corrected chi connectivity index (χ2v) is 25.9. The number of esters is 1. The third-order valence-electron chi connectivity index (χ3n) is 17.7. The molecule has 0 radical (unpaired) electrons. The van der Waals surface area contributed by atoms with E-state index in [4.69, 9.17) is 28.5 Å². The number of Topliss-reactive ketones (excluding diaryl/α,β-unsaturated/α-hetero) is 3. The summed E-state index contributed by atoms with van der Waals surface area (Å²) in [6.07, 6.45) is 6.44. The molecule has 1 aliphatic carbocycles. The number of halogens is 4. The molecule has 1 saturated carbocycles. The van der Waals surface area contributed by atoms with E-state index in [0.29, 0.717) is 72.1 Å². The van der Waals surface area contributed by atoms with Crippen molar-refractivity contribution in [2.45, 2.75) is 186 Å². The van der Waals surface area contributed by atoms with Gasteiger partial charge in [0.05, 0.1) is 48.0 Å². The number of hydrogen-bond donors (Lipinski definition) is 6. The standard InChI is InChI=1S/C66H89F3IN3O16/c1-36-15-11-10-12-16-37(2)54(86-34-45(74)35-87-72-63(80)47-22-23-48(67)57(69)58(47)71-50-24-20-44(70)31-49(50)68)32-46-21-18-42(7)66(83,89-46)62(79)64(81)73-26-14-13-17-51(73)65(82)88-55(39(4)29-43-19-25-52(75)56(30-43)84-8)33-53(76)38(3)28-41(6)60(78)61(85-9)59(77)40(5)27-36/h10-12,15-16,20,22-24,28,31,36,38-40,42-43,45-46,51-52,54-56,60-61,71,74-75,78,83H,13-14,17-19,21,25-27,29-30,32-35H2,1-9H3,(H,72,80)/b12-10+,15-11+,37-16-,41-28+/t36-,38-,39?,40-,42-,43-,45-,46+,51?,52-,54+,55+,56-,60-,61+,66-/m1/s1. The molecule has 23 heteroatoms. The number of hydrogen-bond acceptors (Lipinski definition) is 17. The number of carbonyl (C=O) groups is 6. The molecule has 0 aromatic heterocycles. The Kier molecular flexibility index (Phi) is 27.8. The average molecular weight is 1360 g/mol. The van der Waals surface area contributed by atoms with Gasteiger partial charge in [-0.25, -0.2) is 23.4 Å². The molecule has 19 nitrogen and oxygen atoms in total. The molecule has 2 amide bonds. The van der Waals surface area contributed by atoms with Crippen molar-refractivity contribution >= 4 is 69.1 Å². The molecular formula is C66H89F3IN3O16. The molecule has 6 rings (SSSR count). The summed E-state index contributed by atoms with van der Waals surface area (Å²) in [6.45, 7) is 11.1. The van der Waals surface area contributed by atoms with Crippen LogP contribution in [0.4, 0.5) is 24.5 Å². The van der Waals surface area contributed by atoms with Crippen molar-refractivity contribution in [3.05, 3.63) is 105 Å². The normalized spacial score (nSPS) is 32.9. The number of allylic oxidation sites excluding steroid dienone is 6. The first-order chi connectivity index (χ1) is 42.2. The number of benzene rings is 2. The molecule has 6 N–H and O–H groups in total. The quantitative estimate of drug-likeness (QED) is 0.0339. The Morgan fingerprint density at radius 2 is 1.62 bits per heavy atom. The van der Waals surface area contributed by atoms with Crippen molar-refractivity contribution in [3.63, 3.8) is 0 Å². The van der Waals surface area contributed by atoms with E-state index in [2.05, 4.69) is 10.8 Å². The van der Waals surface area contributed by atoms with Crippen molar-refractivity contribution in [1.29, 1.82) is 0 Å². The number of methoxy groups -OCH3 is 2. The summed E-state index contributed by atoms with van der Waals surface area (Å²) in [7, 11) is 2.87. The highest BCUT2D eigenvalue weighted by molar-refractivity contribution is 14.1. The number of anilines is 2.